The van der Waals surface area contributed by atoms with E-state index in [1.54, 1.807) is 0 Å². The van der Waals surface area contributed by atoms with Gasteiger partial charge in [0.15, 0.2) is 17.4 Å². The Morgan fingerprint density at radius 1 is 1.21 bits per heavy atom. The molecule has 2 aromatic rings. The molecule has 0 amide bonds. The lowest BCUT2D eigenvalue weighted by atomic mass is 10.1. The minimum absolute atomic E-state index is 0.372. The van der Waals surface area contributed by atoms with Crippen LogP contribution in [0.5, 0.6) is 0 Å². The molecule has 0 aliphatic carbocycles. The fourth-order valence-electron chi connectivity index (χ4n) is 4.00. The number of pyridine rings is 1. The number of piperazine rings is 1. The van der Waals surface area contributed by atoms with Crippen LogP contribution >= 0.6 is 0 Å². The van der Waals surface area contributed by atoms with Crippen LogP contribution in [0.3, 0.4) is 0 Å². The molecule has 0 bridgehead atoms. The number of fused-ring (bicyclic) bond motifs is 1. The van der Waals surface area contributed by atoms with Crippen molar-refractivity contribution in [1.82, 2.24) is 20.0 Å². The summed E-state index contributed by atoms with van der Waals surface area (Å²) in [6.07, 6.45) is 7.20. The van der Waals surface area contributed by atoms with Crippen LogP contribution in [0, 0.1) is 6.92 Å². The fourth-order valence-corrected chi connectivity index (χ4v) is 4.00. The van der Waals surface area contributed by atoms with Gasteiger partial charge in [0.25, 0.3) is 0 Å². The fraction of sp³-hybridized carbons (Fsp3) is 0.550. The molecule has 0 spiro atoms. The zero-order valence-corrected chi connectivity index (χ0v) is 17.3. The van der Waals surface area contributed by atoms with E-state index in [1.165, 1.54) is 5.56 Å². The Morgan fingerprint density at radius 3 is 2.72 bits per heavy atom. The summed E-state index contributed by atoms with van der Waals surface area (Å²) in [6.45, 7) is 8.23. The average Bonchev–Trinajstić information content (AvgIpc) is 3.10. The SMILES string of the molecule is CCCCC1(N)N=C(N)c2ncc(Cc3cnc(N4CCNCC4)c(C)c3)n2N1. The van der Waals surface area contributed by atoms with E-state index in [0.29, 0.717) is 24.5 Å². The smallest absolute Gasteiger partial charge is 0.198 e. The van der Waals surface area contributed by atoms with Crippen molar-refractivity contribution in [2.24, 2.45) is 16.5 Å². The highest BCUT2D eigenvalue weighted by Crippen LogP contribution is 2.23. The van der Waals surface area contributed by atoms with Gasteiger partial charge in [-0.15, -0.1) is 0 Å². The predicted molar refractivity (Wildman–Crippen MR) is 116 cm³/mol. The van der Waals surface area contributed by atoms with Gasteiger partial charge >= 0.3 is 0 Å². The maximum Gasteiger partial charge on any atom is 0.198 e. The number of hydrogen-bond acceptors (Lipinski definition) is 8. The van der Waals surface area contributed by atoms with Crippen LogP contribution in [0.25, 0.3) is 0 Å². The van der Waals surface area contributed by atoms with Gasteiger partial charge in [-0.3, -0.25) is 11.2 Å². The summed E-state index contributed by atoms with van der Waals surface area (Å²) in [5.74, 6) is 1.15. The molecule has 1 fully saturated rings. The van der Waals surface area contributed by atoms with Gasteiger partial charge in [-0.25, -0.2) is 19.6 Å². The zero-order chi connectivity index (χ0) is 20.4. The Morgan fingerprint density at radius 2 is 2.00 bits per heavy atom. The Bertz CT molecular complexity index is 897. The largest absolute Gasteiger partial charge is 0.381 e. The second kappa shape index (κ2) is 8.00. The first-order chi connectivity index (χ1) is 14.0. The van der Waals surface area contributed by atoms with Crippen molar-refractivity contribution in [3.8, 4) is 0 Å². The highest BCUT2D eigenvalue weighted by Gasteiger charge is 2.31. The van der Waals surface area contributed by atoms with Gasteiger partial charge in [-0.1, -0.05) is 19.4 Å². The van der Waals surface area contributed by atoms with Gasteiger partial charge in [-0.2, -0.15) is 0 Å². The monoisotopic (exact) mass is 397 g/mol. The Hall–Kier alpha value is -2.65. The third-order valence-corrected chi connectivity index (χ3v) is 5.51. The number of imidazole rings is 1. The van der Waals surface area contributed by atoms with Crippen molar-refractivity contribution in [3.63, 3.8) is 0 Å². The number of aliphatic imine (C=N–C) groups is 1. The van der Waals surface area contributed by atoms with Crippen molar-refractivity contribution in [2.45, 2.75) is 45.3 Å². The van der Waals surface area contributed by atoms with Crippen LogP contribution in [0.15, 0.2) is 23.5 Å². The van der Waals surface area contributed by atoms with Crippen molar-refractivity contribution < 1.29 is 0 Å². The van der Waals surface area contributed by atoms with E-state index in [4.69, 9.17) is 16.5 Å². The normalized spacial score (nSPS) is 21.5. The average molecular weight is 398 g/mol. The Balaban J connectivity index is 1.54. The Kier molecular flexibility index (Phi) is 5.42. The highest BCUT2D eigenvalue weighted by atomic mass is 15.6. The molecule has 0 radical (unpaired) electrons. The second-order valence-electron chi connectivity index (χ2n) is 7.94. The summed E-state index contributed by atoms with van der Waals surface area (Å²) in [5.41, 5.74) is 19.2. The van der Waals surface area contributed by atoms with E-state index in [0.717, 1.165) is 56.1 Å². The lowest BCUT2D eigenvalue weighted by molar-refractivity contribution is 0.397. The Labute approximate surface area is 171 Å². The van der Waals surface area contributed by atoms with Gasteiger partial charge < -0.3 is 16.0 Å². The maximum absolute atomic E-state index is 6.45. The van der Waals surface area contributed by atoms with Crippen molar-refractivity contribution in [1.29, 1.82) is 0 Å². The molecule has 156 valence electrons. The van der Waals surface area contributed by atoms with Crippen LogP contribution < -0.4 is 27.1 Å². The number of nitrogens with one attached hydrogen (secondary N) is 2. The van der Waals surface area contributed by atoms with Gasteiger partial charge in [0.05, 0.1) is 11.9 Å². The number of amidine groups is 1. The molecule has 0 aromatic carbocycles. The molecular weight excluding hydrogens is 366 g/mol. The molecule has 6 N–H and O–H groups in total. The van der Waals surface area contributed by atoms with Crippen LogP contribution in [-0.4, -0.2) is 52.4 Å². The van der Waals surface area contributed by atoms with Crippen molar-refractivity contribution in [2.75, 3.05) is 36.5 Å². The number of hydrogen-bond donors (Lipinski definition) is 4. The van der Waals surface area contributed by atoms with E-state index < -0.39 is 5.79 Å². The molecule has 1 saturated heterocycles. The number of nitrogens with two attached hydrogens (primary N) is 2. The number of unbranched alkanes of at least 4 members (excludes halogenated alkanes) is 1. The van der Waals surface area contributed by atoms with Crippen LogP contribution in [0.1, 0.15) is 48.8 Å². The van der Waals surface area contributed by atoms with Crippen molar-refractivity contribution >= 4 is 11.7 Å². The van der Waals surface area contributed by atoms with E-state index in [2.05, 4.69) is 45.5 Å². The summed E-state index contributed by atoms with van der Waals surface area (Å²) >= 11 is 0. The molecule has 9 nitrogen and oxygen atoms in total. The minimum atomic E-state index is -0.900. The molecule has 1 atom stereocenters. The summed E-state index contributed by atoms with van der Waals surface area (Å²) in [5, 5.41) is 3.38. The van der Waals surface area contributed by atoms with E-state index >= 15 is 0 Å². The van der Waals surface area contributed by atoms with E-state index in [1.807, 2.05) is 17.1 Å². The molecule has 1 unspecified atom stereocenters. The quantitative estimate of drug-likeness (QED) is 0.564. The molecule has 2 aliphatic rings. The van der Waals surface area contributed by atoms with Gasteiger partial charge in [0.2, 0.25) is 0 Å². The van der Waals surface area contributed by atoms with Gasteiger partial charge in [0.1, 0.15) is 5.82 Å². The number of rotatable bonds is 6. The number of aryl methyl sites for hydroxylation is 1. The van der Waals surface area contributed by atoms with E-state index in [9.17, 15) is 0 Å². The zero-order valence-electron chi connectivity index (χ0n) is 17.3. The summed E-state index contributed by atoms with van der Waals surface area (Å²) < 4.78 is 1.89. The lowest BCUT2D eigenvalue weighted by Crippen LogP contribution is -2.55. The third kappa shape index (κ3) is 4.06. The highest BCUT2D eigenvalue weighted by molar-refractivity contribution is 5.95. The summed E-state index contributed by atoms with van der Waals surface area (Å²) in [6, 6.07) is 2.21. The lowest BCUT2D eigenvalue weighted by Gasteiger charge is -2.33. The number of nitrogens with zero attached hydrogens (tertiary/aromatic N) is 5. The summed E-state index contributed by atoms with van der Waals surface area (Å²) in [4.78, 5) is 16.0. The topological polar surface area (TPSA) is 122 Å². The first kappa shape index (κ1) is 19.7. The minimum Gasteiger partial charge on any atom is -0.381 e. The second-order valence-corrected chi connectivity index (χ2v) is 7.94. The van der Waals surface area contributed by atoms with Gasteiger partial charge in [0, 0.05) is 45.2 Å². The molecule has 4 rings (SSSR count). The van der Waals surface area contributed by atoms with Crippen LogP contribution in [0.2, 0.25) is 0 Å². The molecule has 29 heavy (non-hydrogen) atoms. The molecule has 2 aromatic heterocycles. The first-order valence-corrected chi connectivity index (χ1v) is 10.4. The number of aromatic nitrogens is 3. The van der Waals surface area contributed by atoms with Crippen LogP contribution in [-0.2, 0) is 6.42 Å². The molecule has 9 heteroatoms. The molecule has 0 saturated carbocycles. The standard InChI is InChI=1S/C20H31N9/c1-3-4-5-20(22)26-17(21)19-25-13-16(29(19)27-20)11-15-10-14(2)18(24-12-15)28-8-6-23-7-9-28/h10,12-13,23,27H,3-9,11,22H2,1-2H3,(H2,21,26). The van der Waals surface area contributed by atoms with Crippen molar-refractivity contribution in [3.05, 3.63) is 41.1 Å². The summed E-state index contributed by atoms with van der Waals surface area (Å²) in [7, 11) is 0. The molecule has 2 aliphatic heterocycles. The third-order valence-electron chi connectivity index (χ3n) is 5.51. The maximum atomic E-state index is 6.45. The molecule has 4 heterocycles. The van der Waals surface area contributed by atoms with E-state index in [-0.39, 0.29) is 0 Å². The van der Waals surface area contributed by atoms with Crippen LogP contribution in [0.4, 0.5) is 5.82 Å². The van der Waals surface area contributed by atoms with Gasteiger partial charge in [-0.05, 0) is 24.5 Å². The number of anilines is 1. The molecular formula is C20H31N9. The predicted octanol–water partition coefficient (Wildman–Crippen LogP) is 0.652. The first-order valence-electron chi connectivity index (χ1n) is 10.4.